The zero-order valence-corrected chi connectivity index (χ0v) is 16.8. The van der Waals surface area contributed by atoms with E-state index in [0.717, 1.165) is 61.2 Å². The van der Waals surface area contributed by atoms with E-state index in [4.69, 9.17) is 9.97 Å². The second-order valence-corrected chi connectivity index (χ2v) is 7.39. The number of nitrogens with zero attached hydrogens (tertiary/aromatic N) is 5. The number of aromatic nitrogens is 3. The highest BCUT2D eigenvalue weighted by molar-refractivity contribution is 5.90. The summed E-state index contributed by atoms with van der Waals surface area (Å²) in [4.78, 5) is 18.8. The highest BCUT2D eigenvalue weighted by atomic mass is 15.3. The standard InChI is InChI=1S/C24H24N6/c1-2-8-19(9-3-1)18-26-23-20-10-4-5-11-21(20)27-24(28-23)30-16-14-29(15-17-30)22-12-6-7-13-25-22/h1-13H,14-18H2,(H,26,27,28). The summed E-state index contributed by atoms with van der Waals surface area (Å²) in [6.45, 7) is 4.27. The van der Waals surface area contributed by atoms with E-state index in [1.807, 2.05) is 36.5 Å². The van der Waals surface area contributed by atoms with Crippen molar-refractivity contribution in [3.63, 3.8) is 0 Å². The summed E-state index contributed by atoms with van der Waals surface area (Å²) >= 11 is 0. The maximum absolute atomic E-state index is 4.91. The Morgan fingerprint density at radius 3 is 2.27 bits per heavy atom. The minimum Gasteiger partial charge on any atom is -0.365 e. The van der Waals surface area contributed by atoms with Gasteiger partial charge in [-0.3, -0.25) is 0 Å². The van der Waals surface area contributed by atoms with Gasteiger partial charge in [-0.05, 0) is 29.8 Å². The summed E-state index contributed by atoms with van der Waals surface area (Å²) in [5.41, 5.74) is 2.19. The largest absolute Gasteiger partial charge is 0.365 e. The monoisotopic (exact) mass is 396 g/mol. The highest BCUT2D eigenvalue weighted by Crippen LogP contribution is 2.25. The molecule has 1 aliphatic heterocycles. The molecule has 6 nitrogen and oxygen atoms in total. The van der Waals surface area contributed by atoms with Crippen LogP contribution in [-0.4, -0.2) is 41.1 Å². The molecule has 0 aliphatic carbocycles. The number of piperazine rings is 1. The normalized spacial score (nSPS) is 14.1. The molecule has 1 fully saturated rings. The van der Waals surface area contributed by atoms with Crippen LogP contribution in [0.3, 0.4) is 0 Å². The molecule has 0 amide bonds. The van der Waals surface area contributed by atoms with Gasteiger partial charge >= 0.3 is 0 Å². The van der Waals surface area contributed by atoms with Crippen molar-refractivity contribution in [1.82, 2.24) is 15.0 Å². The molecule has 1 saturated heterocycles. The predicted molar refractivity (Wildman–Crippen MR) is 122 cm³/mol. The summed E-state index contributed by atoms with van der Waals surface area (Å²) < 4.78 is 0. The van der Waals surface area contributed by atoms with Gasteiger partial charge in [0.15, 0.2) is 0 Å². The van der Waals surface area contributed by atoms with E-state index in [9.17, 15) is 0 Å². The van der Waals surface area contributed by atoms with Crippen LogP contribution in [0.4, 0.5) is 17.6 Å². The average Bonchev–Trinajstić information content (AvgIpc) is 2.84. The van der Waals surface area contributed by atoms with Gasteiger partial charge in [-0.25, -0.2) is 9.97 Å². The Labute approximate surface area is 176 Å². The van der Waals surface area contributed by atoms with Gasteiger partial charge in [0, 0.05) is 44.3 Å². The van der Waals surface area contributed by atoms with Gasteiger partial charge < -0.3 is 15.1 Å². The Balaban J connectivity index is 1.37. The molecule has 30 heavy (non-hydrogen) atoms. The van der Waals surface area contributed by atoms with Gasteiger partial charge in [0.1, 0.15) is 11.6 Å². The summed E-state index contributed by atoms with van der Waals surface area (Å²) in [6.07, 6.45) is 1.85. The summed E-state index contributed by atoms with van der Waals surface area (Å²) in [7, 11) is 0. The van der Waals surface area contributed by atoms with Gasteiger partial charge in [0.05, 0.1) is 5.52 Å². The van der Waals surface area contributed by atoms with Gasteiger partial charge in [-0.1, -0.05) is 48.5 Å². The third kappa shape index (κ3) is 3.89. The lowest BCUT2D eigenvalue weighted by Crippen LogP contribution is -2.47. The quantitative estimate of drug-likeness (QED) is 0.551. The molecule has 0 saturated carbocycles. The second-order valence-electron chi connectivity index (χ2n) is 7.39. The summed E-state index contributed by atoms with van der Waals surface area (Å²) in [6, 6.07) is 24.6. The lowest BCUT2D eigenvalue weighted by molar-refractivity contribution is 0.636. The molecule has 0 bridgehead atoms. The first-order chi connectivity index (χ1) is 14.9. The molecule has 150 valence electrons. The Morgan fingerprint density at radius 2 is 1.47 bits per heavy atom. The van der Waals surface area contributed by atoms with Crippen LogP contribution < -0.4 is 15.1 Å². The SMILES string of the molecule is c1ccc(CNc2nc(N3CCN(c4ccccn4)CC3)nc3ccccc23)cc1. The molecule has 0 radical (unpaired) electrons. The van der Waals surface area contributed by atoms with E-state index in [1.54, 1.807) is 0 Å². The molecule has 4 aromatic rings. The van der Waals surface area contributed by atoms with Crippen molar-refractivity contribution in [2.45, 2.75) is 6.54 Å². The molecule has 0 atom stereocenters. The minimum atomic E-state index is 0.731. The van der Waals surface area contributed by atoms with Crippen LogP contribution in [-0.2, 0) is 6.54 Å². The number of fused-ring (bicyclic) bond motifs is 1. The molecule has 1 N–H and O–H groups in total. The molecule has 2 aromatic heterocycles. The Bertz CT molecular complexity index is 1110. The van der Waals surface area contributed by atoms with Crippen molar-refractivity contribution in [2.24, 2.45) is 0 Å². The van der Waals surface area contributed by atoms with Crippen LogP contribution in [0.1, 0.15) is 5.56 Å². The number of pyridine rings is 1. The lowest BCUT2D eigenvalue weighted by Gasteiger charge is -2.35. The van der Waals surface area contributed by atoms with Crippen LogP contribution in [0, 0.1) is 0 Å². The lowest BCUT2D eigenvalue weighted by atomic mass is 10.2. The molecule has 0 unspecified atom stereocenters. The maximum Gasteiger partial charge on any atom is 0.228 e. The van der Waals surface area contributed by atoms with Crippen LogP contribution in [0.5, 0.6) is 0 Å². The fraction of sp³-hybridized carbons (Fsp3) is 0.208. The van der Waals surface area contributed by atoms with Crippen molar-refractivity contribution in [3.8, 4) is 0 Å². The van der Waals surface area contributed by atoms with Crippen LogP contribution in [0.25, 0.3) is 10.9 Å². The smallest absolute Gasteiger partial charge is 0.228 e. The Hall–Kier alpha value is -3.67. The number of hydrogen-bond donors (Lipinski definition) is 1. The van der Waals surface area contributed by atoms with Crippen molar-refractivity contribution in [2.75, 3.05) is 41.3 Å². The Kier molecular flexibility index (Phi) is 5.12. The summed E-state index contributed by atoms with van der Waals surface area (Å²) in [5, 5.41) is 4.57. The third-order valence-corrected chi connectivity index (χ3v) is 5.43. The van der Waals surface area contributed by atoms with Crippen LogP contribution in [0.2, 0.25) is 0 Å². The number of benzene rings is 2. The molecule has 2 aromatic carbocycles. The van der Waals surface area contributed by atoms with E-state index in [1.165, 1.54) is 5.56 Å². The van der Waals surface area contributed by atoms with Gasteiger partial charge in [-0.2, -0.15) is 4.98 Å². The third-order valence-electron chi connectivity index (χ3n) is 5.43. The number of hydrogen-bond acceptors (Lipinski definition) is 6. The van der Waals surface area contributed by atoms with Crippen LogP contribution >= 0.6 is 0 Å². The Morgan fingerprint density at radius 1 is 0.733 bits per heavy atom. The first kappa shape index (κ1) is 18.4. The fourth-order valence-corrected chi connectivity index (χ4v) is 3.80. The van der Waals surface area contributed by atoms with E-state index >= 15 is 0 Å². The number of para-hydroxylation sites is 1. The zero-order chi connectivity index (χ0) is 20.2. The fourth-order valence-electron chi connectivity index (χ4n) is 3.80. The number of rotatable bonds is 5. The molecule has 5 rings (SSSR count). The van der Waals surface area contributed by atoms with E-state index in [0.29, 0.717) is 0 Å². The molecule has 3 heterocycles. The molecule has 6 heteroatoms. The van der Waals surface area contributed by atoms with Crippen molar-refractivity contribution < 1.29 is 0 Å². The summed E-state index contributed by atoms with van der Waals surface area (Å²) in [5.74, 6) is 2.69. The number of anilines is 3. The van der Waals surface area contributed by atoms with Gasteiger partial charge in [-0.15, -0.1) is 0 Å². The average molecular weight is 396 g/mol. The van der Waals surface area contributed by atoms with E-state index in [-0.39, 0.29) is 0 Å². The number of nitrogens with one attached hydrogen (secondary N) is 1. The van der Waals surface area contributed by atoms with E-state index in [2.05, 4.69) is 62.6 Å². The highest BCUT2D eigenvalue weighted by Gasteiger charge is 2.21. The van der Waals surface area contributed by atoms with E-state index < -0.39 is 0 Å². The zero-order valence-electron chi connectivity index (χ0n) is 16.8. The van der Waals surface area contributed by atoms with Gasteiger partial charge in [0.25, 0.3) is 0 Å². The van der Waals surface area contributed by atoms with Gasteiger partial charge in [0.2, 0.25) is 5.95 Å². The second kappa shape index (κ2) is 8.37. The van der Waals surface area contributed by atoms with Crippen LogP contribution in [0.15, 0.2) is 79.0 Å². The predicted octanol–water partition coefficient (Wildman–Crippen LogP) is 3.96. The maximum atomic E-state index is 4.91. The van der Waals surface area contributed by atoms with Crippen molar-refractivity contribution in [1.29, 1.82) is 0 Å². The molecule has 1 aliphatic rings. The minimum absolute atomic E-state index is 0.731. The van der Waals surface area contributed by atoms with Crippen molar-refractivity contribution in [3.05, 3.63) is 84.6 Å². The first-order valence-corrected chi connectivity index (χ1v) is 10.3. The molecule has 0 spiro atoms. The topological polar surface area (TPSA) is 57.2 Å². The first-order valence-electron chi connectivity index (χ1n) is 10.3. The molecular formula is C24H24N6. The molecular weight excluding hydrogens is 372 g/mol. The van der Waals surface area contributed by atoms with Crippen molar-refractivity contribution >= 4 is 28.5 Å².